The third-order valence-corrected chi connectivity index (χ3v) is 2.49. The zero-order valence-corrected chi connectivity index (χ0v) is 9.88. The summed E-state index contributed by atoms with van der Waals surface area (Å²) >= 11 is 0. The van der Waals surface area contributed by atoms with Gasteiger partial charge in [0.1, 0.15) is 0 Å². The molecule has 98 valence electrons. The second kappa shape index (κ2) is 5.17. The van der Waals surface area contributed by atoms with E-state index >= 15 is 0 Å². The minimum atomic E-state index is -0.745. The van der Waals surface area contributed by atoms with Crippen LogP contribution < -0.4 is 22.3 Å². The van der Waals surface area contributed by atoms with Crippen LogP contribution in [0, 0.1) is 0 Å². The normalized spacial score (nSPS) is 17.3. The first-order valence-corrected chi connectivity index (χ1v) is 5.41. The number of amides is 4. The van der Waals surface area contributed by atoms with Crippen molar-refractivity contribution in [3.05, 3.63) is 35.4 Å². The molecule has 0 fully saturated rings. The minimum Gasteiger partial charge on any atom is -0.350 e. The summed E-state index contributed by atoms with van der Waals surface area (Å²) in [5.41, 5.74) is 17.1. The summed E-state index contributed by atoms with van der Waals surface area (Å²) < 4.78 is 0. The molecule has 0 aromatic heterocycles. The largest absolute Gasteiger partial charge is 0.350 e. The van der Waals surface area contributed by atoms with Crippen LogP contribution in [0.3, 0.4) is 0 Å². The van der Waals surface area contributed by atoms with Gasteiger partial charge >= 0.3 is 12.1 Å². The summed E-state index contributed by atoms with van der Waals surface area (Å²) in [5, 5.41) is 7.82. The Morgan fingerprint density at radius 2 is 1.37 bits per heavy atom. The highest BCUT2D eigenvalue weighted by Gasteiger charge is 2.24. The van der Waals surface area contributed by atoms with Crippen LogP contribution in [0.15, 0.2) is 34.5 Å². The van der Waals surface area contributed by atoms with E-state index in [0.29, 0.717) is 17.8 Å². The van der Waals surface area contributed by atoms with Crippen molar-refractivity contribution in [3.63, 3.8) is 0 Å². The van der Waals surface area contributed by atoms with Crippen LogP contribution in [0.25, 0.3) is 0 Å². The summed E-state index contributed by atoms with van der Waals surface area (Å²) in [6.45, 7) is 0. The Hall–Kier alpha value is -2.90. The average molecular weight is 260 g/mol. The molecule has 0 saturated carbocycles. The van der Waals surface area contributed by atoms with Gasteiger partial charge in [0, 0.05) is 17.5 Å². The standard InChI is InChI=1S/C11H12N6O2/c12-10(18)16-14-8-5-9(15-17-11(13)19)7-4-2-1-3-6(7)8/h1-4H,5H2,(H3,12,16,18)(H3,13,17,19)/b14-8-,15-9-. The van der Waals surface area contributed by atoms with Crippen LogP contribution in [0.4, 0.5) is 9.59 Å². The molecule has 8 heteroatoms. The second-order valence-corrected chi connectivity index (χ2v) is 3.79. The third-order valence-electron chi connectivity index (χ3n) is 2.49. The van der Waals surface area contributed by atoms with Crippen LogP contribution in [0.5, 0.6) is 0 Å². The summed E-state index contributed by atoms with van der Waals surface area (Å²) in [4.78, 5) is 21.3. The van der Waals surface area contributed by atoms with E-state index in [1.165, 1.54) is 0 Å². The molecule has 19 heavy (non-hydrogen) atoms. The van der Waals surface area contributed by atoms with Crippen molar-refractivity contribution in [2.75, 3.05) is 0 Å². The van der Waals surface area contributed by atoms with Gasteiger partial charge in [-0.05, 0) is 0 Å². The topological polar surface area (TPSA) is 135 Å². The van der Waals surface area contributed by atoms with E-state index in [-0.39, 0.29) is 0 Å². The lowest BCUT2D eigenvalue weighted by Crippen LogP contribution is -2.26. The fourth-order valence-electron chi connectivity index (χ4n) is 1.78. The minimum absolute atomic E-state index is 0.361. The quantitative estimate of drug-likeness (QED) is 0.549. The first-order valence-electron chi connectivity index (χ1n) is 5.41. The fraction of sp³-hybridized carbons (Fsp3) is 0.0909. The monoisotopic (exact) mass is 260 g/mol. The number of carbonyl (C=O) groups is 2. The molecule has 0 aliphatic heterocycles. The van der Waals surface area contributed by atoms with E-state index in [0.717, 1.165) is 11.1 Å². The fourth-order valence-corrected chi connectivity index (χ4v) is 1.78. The number of nitrogens with two attached hydrogens (primary N) is 2. The molecule has 0 radical (unpaired) electrons. The first kappa shape index (κ1) is 12.6. The van der Waals surface area contributed by atoms with Crippen LogP contribution in [-0.2, 0) is 0 Å². The van der Waals surface area contributed by atoms with Gasteiger partial charge in [-0.25, -0.2) is 20.4 Å². The summed E-state index contributed by atoms with van der Waals surface area (Å²) in [6.07, 6.45) is 0.361. The summed E-state index contributed by atoms with van der Waals surface area (Å²) in [5.74, 6) is 0. The van der Waals surface area contributed by atoms with Gasteiger partial charge in [0.2, 0.25) is 0 Å². The highest BCUT2D eigenvalue weighted by molar-refractivity contribution is 6.28. The molecule has 0 heterocycles. The summed E-state index contributed by atoms with van der Waals surface area (Å²) in [6, 6.07) is 5.86. The van der Waals surface area contributed by atoms with Crippen molar-refractivity contribution >= 4 is 23.5 Å². The molecular weight excluding hydrogens is 248 g/mol. The molecule has 0 bridgehead atoms. The molecule has 6 N–H and O–H groups in total. The van der Waals surface area contributed by atoms with Gasteiger partial charge in [0.15, 0.2) is 0 Å². The van der Waals surface area contributed by atoms with Crippen molar-refractivity contribution in [1.29, 1.82) is 0 Å². The van der Waals surface area contributed by atoms with Gasteiger partial charge in [-0.15, -0.1) is 0 Å². The number of urea groups is 2. The Balaban J connectivity index is 2.33. The maximum absolute atomic E-state index is 10.7. The van der Waals surface area contributed by atoms with E-state index in [9.17, 15) is 9.59 Å². The molecule has 1 aliphatic carbocycles. The molecule has 1 aromatic carbocycles. The van der Waals surface area contributed by atoms with Gasteiger partial charge in [0.25, 0.3) is 0 Å². The smallest absolute Gasteiger partial charge is 0.332 e. The van der Waals surface area contributed by atoms with Gasteiger partial charge in [-0.2, -0.15) is 10.2 Å². The Kier molecular flexibility index (Phi) is 3.42. The Labute approximate surface area is 108 Å². The number of benzene rings is 1. The molecule has 1 aromatic rings. The molecule has 2 rings (SSSR count). The molecule has 4 amide bonds. The molecule has 8 nitrogen and oxygen atoms in total. The summed E-state index contributed by atoms with van der Waals surface area (Å²) in [7, 11) is 0. The lowest BCUT2D eigenvalue weighted by atomic mass is 10.1. The second-order valence-electron chi connectivity index (χ2n) is 3.79. The van der Waals surface area contributed by atoms with Gasteiger partial charge in [-0.1, -0.05) is 24.3 Å². The zero-order valence-electron chi connectivity index (χ0n) is 9.88. The predicted molar refractivity (Wildman–Crippen MR) is 69.6 cm³/mol. The maximum Gasteiger partial charge on any atom is 0.332 e. The maximum atomic E-state index is 10.7. The van der Waals surface area contributed by atoms with Gasteiger partial charge in [0.05, 0.1) is 11.4 Å². The van der Waals surface area contributed by atoms with Crippen molar-refractivity contribution in [3.8, 4) is 0 Å². The lowest BCUT2D eigenvalue weighted by Gasteiger charge is -1.98. The molecular formula is C11H12N6O2. The molecule has 0 unspecified atom stereocenters. The van der Waals surface area contributed by atoms with E-state index in [1.54, 1.807) is 0 Å². The number of nitrogens with zero attached hydrogens (tertiary/aromatic N) is 2. The zero-order chi connectivity index (χ0) is 13.8. The van der Waals surface area contributed by atoms with Crippen molar-refractivity contribution in [1.82, 2.24) is 10.9 Å². The van der Waals surface area contributed by atoms with Crippen LogP contribution in [0.1, 0.15) is 17.5 Å². The Bertz CT molecular complexity index is 542. The SMILES string of the molecule is NC(=O)N/N=C1/C/C(=N/NC(N)=O)c2ccccc21. The van der Waals surface area contributed by atoms with E-state index in [2.05, 4.69) is 21.1 Å². The van der Waals surface area contributed by atoms with Gasteiger partial charge in [-0.3, -0.25) is 0 Å². The predicted octanol–water partition coefficient (Wildman–Crippen LogP) is -0.165. The van der Waals surface area contributed by atoms with Crippen molar-refractivity contribution in [2.24, 2.45) is 21.7 Å². The number of hydrazone groups is 2. The number of nitrogens with one attached hydrogen (secondary N) is 2. The first-order chi connectivity index (χ1) is 9.08. The van der Waals surface area contributed by atoms with Crippen molar-refractivity contribution < 1.29 is 9.59 Å². The highest BCUT2D eigenvalue weighted by atomic mass is 16.2. The average Bonchev–Trinajstić information content (AvgIpc) is 2.72. The lowest BCUT2D eigenvalue weighted by molar-refractivity contribution is 0.248. The Morgan fingerprint density at radius 1 is 0.947 bits per heavy atom. The van der Waals surface area contributed by atoms with Gasteiger partial charge < -0.3 is 11.5 Å². The number of fused-ring (bicyclic) bond motifs is 1. The number of hydrogen-bond acceptors (Lipinski definition) is 4. The number of primary amides is 2. The molecule has 0 atom stereocenters. The molecule has 1 aliphatic rings. The van der Waals surface area contributed by atoms with Crippen molar-refractivity contribution in [2.45, 2.75) is 6.42 Å². The molecule has 0 saturated heterocycles. The number of rotatable bonds is 2. The number of carbonyl (C=O) groups excluding carboxylic acids is 2. The molecule has 0 spiro atoms. The van der Waals surface area contributed by atoms with E-state index < -0.39 is 12.1 Å². The van der Waals surface area contributed by atoms with Crippen LogP contribution in [0.2, 0.25) is 0 Å². The van der Waals surface area contributed by atoms with E-state index in [4.69, 9.17) is 11.5 Å². The highest BCUT2D eigenvalue weighted by Crippen LogP contribution is 2.22. The third kappa shape index (κ3) is 2.86. The van der Waals surface area contributed by atoms with E-state index in [1.807, 2.05) is 24.3 Å². The number of hydrogen-bond donors (Lipinski definition) is 4. The Morgan fingerprint density at radius 3 is 1.74 bits per heavy atom. The van der Waals surface area contributed by atoms with Crippen LogP contribution in [-0.4, -0.2) is 23.5 Å². The van der Waals surface area contributed by atoms with Crippen LogP contribution >= 0.6 is 0 Å².